The number of aromatic nitrogens is 2. The van der Waals surface area contributed by atoms with Crippen molar-refractivity contribution in [3.8, 4) is 5.69 Å². The zero-order valence-corrected chi connectivity index (χ0v) is 16.0. The van der Waals surface area contributed by atoms with E-state index in [1.165, 1.54) is 23.3 Å². The summed E-state index contributed by atoms with van der Waals surface area (Å²) < 4.78 is 28.1. The van der Waals surface area contributed by atoms with Crippen molar-refractivity contribution < 1.29 is 13.9 Å². The maximum absolute atomic E-state index is 13.3. The lowest BCUT2D eigenvalue weighted by atomic mass is 9.62. The highest BCUT2D eigenvalue weighted by Crippen LogP contribution is 2.58. The van der Waals surface area contributed by atoms with Gasteiger partial charge in [-0.3, -0.25) is 0 Å². The van der Waals surface area contributed by atoms with Crippen LogP contribution in [-0.2, 0) is 15.9 Å². The van der Waals surface area contributed by atoms with Crippen molar-refractivity contribution in [2.75, 3.05) is 0 Å². The molecule has 0 radical (unpaired) electrons. The van der Waals surface area contributed by atoms with Gasteiger partial charge in [0.1, 0.15) is 5.82 Å². The summed E-state index contributed by atoms with van der Waals surface area (Å²) in [7, 11) is 0. The van der Waals surface area contributed by atoms with Gasteiger partial charge in [0.15, 0.2) is 5.79 Å². The first kappa shape index (κ1) is 17.1. The smallest absolute Gasteiger partial charge is 0.178 e. The molecule has 2 fully saturated rings. The van der Waals surface area contributed by atoms with Gasteiger partial charge in [-0.2, -0.15) is 5.10 Å². The van der Waals surface area contributed by atoms with Crippen molar-refractivity contribution in [3.63, 3.8) is 0 Å². The summed E-state index contributed by atoms with van der Waals surface area (Å²) in [6, 6.07) is 6.48. The van der Waals surface area contributed by atoms with Crippen molar-refractivity contribution >= 4 is 6.08 Å². The van der Waals surface area contributed by atoms with E-state index >= 15 is 0 Å². The molecule has 4 atom stereocenters. The number of benzene rings is 1. The first-order chi connectivity index (χ1) is 12.9. The van der Waals surface area contributed by atoms with E-state index in [1.807, 2.05) is 10.9 Å². The van der Waals surface area contributed by atoms with Gasteiger partial charge in [-0.15, -0.1) is 0 Å². The zero-order valence-electron chi connectivity index (χ0n) is 16.0. The monoisotopic (exact) mass is 368 g/mol. The van der Waals surface area contributed by atoms with Crippen molar-refractivity contribution in [2.45, 2.75) is 64.4 Å². The van der Waals surface area contributed by atoms with Crippen LogP contribution in [0.1, 0.15) is 51.3 Å². The van der Waals surface area contributed by atoms with Crippen LogP contribution in [0.2, 0.25) is 0 Å². The van der Waals surface area contributed by atoms with Crippen LogP contribution in [-0.4, -0.2) is 27.8 Å². The lowest BCUT2D eigenvalue weighted by Crippen LogP contribution is -2.53. The minimum Gasteiger partial charge on any atom is -0.343 e. The number of nitrogens with zero attached hydrogens (tertiary/aromatic N) is 2. The SMILES string of the molecule is C[C@@H]1OC2(CCCC3=Cc4c(cnn4-c4ccc(F)cc4)C[C@@]32C)O[C@@H]1C. The summed E-state index contributed by atoms with van der Waals surface area (Å²) in [6.45, 7) is 6.48. The number of fused-ring (bicyclic) bond motifs is 3. The van der Waals surface area contributed by atoms with Gasteiger partial charge in [0, 0.05) is 11.8 Å². The zero-order chi connectivity index (χ0) is 18.8. The molecule has 2 aromatic rings. The largest absolute Gasteiger partial charge is 0.343 e. The molecule has 0 N–H and O–H groups in total. The molecule has 5 rings (SSSR count). The molecule has 1 aromatic carbocycles. The molecular formula is C22H25FN2O2. The second-order valence-electron chi connectivity index (χ2n) is 8.37. The van der Waals surface area contributed by atoms with E-state index in [-0.39, 0.29) is 23.4 Å². The summed E-state index contributed by atoms with van der Waals surface area (Å²) in [6.07, 6.45) is 8.26. The molecule has 27 heavy (non-hydrogen) atoms. The Kier molecular flexibility index (Phi) is 3.66. The molecule has 0 amide bonds. The standard InChI is InChI=1S/C22H25FN2O2/c1-14-15(2)27-22(26-14)10-4-5-17-11-20-16(12-21(17,22)3)13-24-25(20)19-8-6-18(23)7-9-19/h6-9,11,13-15H,4-5,10,12H2,1-3H3/t14-,15+,21-,22?/m0/s1. The number of hydrogen-bond donors (Lipinski definition) is 0. The molecular weight excluding hydrogens is 343 g/mol. The van der Waals surface area contributed by atoms with Crippen LogP contribution in [0.4, 0.5) is 4.39 Å². The molecule has 1 aromatic heterocycles. The molecule has 1 saturated carbocycles. The number of ether oxygens (including phenoxy) is 2. The summed E-state index contributed by atoms with van der Waals surface area (Å²) in [5.74, 6) is -0.787. The molecule has 2 heterocycles. The first-order valence-corrected chi connectivity index (χ1v) is 9.81. The Morgan fingerprint density at radius 1 is 1.15 bits per heavy atom. The van der Waals surface area contributed by atoms with Gasteiger partial charge in [0.25, 0.3) is 0 Å². The minimum atomic E-state index is -0.550. The van der Waals surface area contributed by atoms with Crippen LogP contribution >= 0.6 is 0 Å². The Hall–Kier alpha value is -1.98. The summed E-state index contributed by atoms with van der Waals surface area (Å²) in [5, 5.41) is 4.60. The Bertz CT molecular complexity index is 907. The number of rotatable bonds is 1. The predicted octanol–water partition coefficient (Wildman–Crippen LogP) is 4.66. The van der Waals surface area contributed by atoms with Crippen LogP contribution in [0.5, 0.6) is 0 Å². The van der Waals surface area contributed by atoms with Gasteiger partial charge < -0.3 is 9.47 Å². The summed E-state index contributed by atoms with van der Waals surface area (Å²) in [5.41, 5.74) is 4.33. The van der Waals surface area contributed by atoms with Gasteiger partial charge in [0.05, 0.1) is 29.8 Å². The van der Waals surface area contributed by atoms with Crippen LogP contribution < -0.4 is 0 Å². The van der Waals surface area contributed by atoms with Crippen molar-refractivity contribution in [1.29, 1.82) is 0 Å². The van der Waals surface area contributed by atoms with Crippen molar-refractivity contribution in [1.82, 2.24) is 9.78 Å². The third kappa shape index (κ3) is 2.38. The highest BCUT2D eigenvalue weighted by atomic mass is 19.1. The van der Waals surface area contributed by atoms with Gasteiger partial charge >= 0.3 is 0 Å². The van der Waals surface area contributed by atoms with E-state index in [1.54, 1.807) is 12.1 Å². The molecule has 2 aliphatic carbocycles. The number of halogens is 1. The summed E-state index contributed by atoms with van der Waals surface area (Å²) >= 11 is 0. The third-order valence-corrected chi connectivity index (χ3v) is 6.73. The predicted molar refractivity (Wildman–Crippen MR) is 101 cm³/mol. The Balaban J connectivity index is 1.58. The van der Waals surface area contributed by atoms with Crippen LogP contribution in [0.15, 0.2) is 36.0 Å². The topological polar surface area (TPSA) is 36.3 Å². The quantitative estimate of drug-likeness (QED) is 0.734. The fraction of sp³-hybridized carbons (Fsp3) is 0.500. The number of hydrogen-bond acceptors (Lipinski definition) is 3. The van der Waals surface area contributed by atoms with E-state index in [4.69, 9.17) is 9.47 Å². The Labute approximate surface area is 159 Å². The summed E-state index contributed by atoms with van der Waals surface area (Å²) in [4.78, 5) is 0. The maximum atomic E-state index is 13.3. The normalized spacial score (nSPS) is 35.0. The molecule has 1 aliphatic heterocycles. The molecule has 1 unspecified atom stereocenters. The molecule has 1 spiro atoms. The maximum Gasteiger partial charge on any atom is 0.178 e. The van der Waals surface area contributed by atoms with Gasteiger partial charge in [0.2, 0.25) is 0 Å². The van der Waals surface area contributed by atoms with Gasteiger partial charge in [-0.25, -0.2) is 9.07 Å². The van der Waals surface area contributed by atoms with Gasteiger partial charge in [-0.05, 0) is 69.0 Å². The van der Waals surface area contributed by atoms with E-state index < -0.39 is 5.79 Å². The second kappa shape index (κ2) is 5.76. The lowest BCUT2D eigenvalue weighted by molar-refractivity contribution is -0.246. The van der Waals surface area contributed by atoms with E-state index in [9.17, 15) is 4.39 Å². The fourth-order valence-corrected chi connectivity index (χ4v) is 5.00. The van der Waals surface area contributed by atoms with Crippen LogP contribution in [0.3, 0.4) is 0 Å². The molecule has 142 valence electrons. The van der Waals surface area contributed by atoms with Crippen LogP contribution in [0, 0.1) is 11.2 Å². The fourth-order valence-electron chi connectivity index (χ4n) is 5.00. The average Bonchev–Trinajstić information content (AvgIpc) is 3.16. The lowest BCUT2D eigenvalue weighted by Gasteiger charge is -2.51. The molecule has 0 bridgehead atoms. The molecule has 4 nitrogen and oxygen atoms in total. The van der Waals surface area contributed by atoms with Gasteiger partial charge in [-0.1, -0.05) is 12.5 Å². The average molecular weight is 368 g/mol. The third-order valence-electron chi connectivity index (χ3n) is 6.73. The first-order valence-electron chi connectivity index (χ1n) is 9.81. The highest BCUT2D eigenvalue weighted by molar-refractivity contribution is 5.62. The molecule has 3 aliphatic rings. The van der Waals surface area contributed by atoms with Crippen molar-refractivity contribution in [3.05, 3.63) is 53.1 Å². The van der Waals surface area contributed by atoms with E-state index in [0.29, 0.717) is 0 Å². The Morgan fingerprint density at radius 2 is 1.85 bits per heavy atom. The molecule has 1 saturated heterocycles. The van der Waals surface area contributed by atoms with Crippen molar-refractivity contribution in [2.24, 2.45) is 5.41 Å². The molecule has 5 heteroatoms. The Morgan fingerprint density at radius 3 is 2.56 bits per heavy atom. The van der Waals surface area contributed by atoms with E-state index in [0.717, 1.165) is 37.1 Å². The van der Waals surface area contributed by atoms with E-state index in [2.05, 4.69) is 31.9 Å². The highest BCUT2D eigenvalue weighted by Gasteiger charge is 2.60. The van der Waals surface area contributed by atoms with Crippen LogP contribution in [0.25, 0.3) is 11.8 Å². The second-order valence-corrected chi connectivity index (χ2v) is 8.37. The minimum absolute atomic E-state index is 0.101.